The van der Waals surface area contributed by atoms with Gasteiger partial charge in [0.1, 0.15) is 0 Å². The first-order chi connectivity index (χ1) is 12.0. The molecule has 0 aromatic heterocycles. The van der Waals surface area contributed by atoms with Gasteiger partial charge in [-0.05, 0) is 32.4 Å². The third-order valence-electron chi connectivity index (χ3n) is 3.85. The summed E-state index contributed by atoms with van der Waals surface area (Å²) in [5.41, 5.74) is 1.23. The van der Waals surface area contributed by atoms with Crippen LogP contribution in [0.1, 0.15) is 27.2 Å². The molecule has 1 rings (SSSR count). The number of nitrogens with one attached hydrogen (secondary N) is 2. The van der Waals surface area contributed by atoms with Crippen molar-refractivity contribution < 1.29 is 8.42 Å². The van der Waals surface area contributed by atoms with Gasteiger partial charge in [0.25, 0.3) is 0 Å². The van der Waals surface area contributed by atoms with Gasteiger partial charge in [-0.3, -0.25) is 4.99 Å². The lowest BCUT2D eigenvalue weighted by Crippen LogP contribution is -2.40. The highest BCUT2D eigenvalue weighted by atomic mass is 32.2. The fourth-order valence-electron chi connectivity index (χ4n) is 2.37. The Balaban J connectivity index is 2.43. The molecule has 25 heavy (non-hydrogen) atoms. The fourth-order valence-corrected chi connectivity index (χ4v) is 3.07. The Morgan fingerprint density at radius 1 is 1.12 bits per heavy atom. The van der Waals surface area contributed by atoms with E-state index in [1.807, 2.05) is 25.1 Å². The molecule has 7 heteroatoms. The molecule has 1 aromatic rings. The van der Waals surface area contributed by atoms with Crippen molar-refractivity contribution >= 4 is 21.5 Å². The summed E-state index contributed by atoms with van der Waals surface area (Å²) in [6.45, 7) is 9.53. The normalized spacial score (nSPS) is 12.0. The summed E-state index contributed by atoms with van der Waals surface area (Å²) in [6, 6.07) is 10.4. The molecule has 0 unspecified atom stereocenters. The molecule has 1 aromatic carbocycles. The second kappa shape index (κ2) is 11.7. The Morgan fingerprint density at radius 2 is 1.84 bits per heavy atom. The van der Waals surface area contributed by atoms with Crippen molar-refractivity contribution in [2.45, 2.75) is 27.2 Å². The highest BCUT2D eigenvalue weighted by Gasteiger charge is 2.07. The minimum atomic E-state index is -2.95. The maximum absolute atomic E-state index is 11.5. The van der Waals surface area contributed by atoms with Crippen molar-refractivity contribution in [1.82, 2.24) is 10.6 Å². The number of hydrogen-bond donors (Lipinski definition) is 2. The third-order valence-corrected chi connectivity index (χ3v) is 5.55. The van der Waals surface area contributed by atoms with Crippen LogP contribution in [0.25, 0.3) is 0 Å². The standard InChI is InChI=1S/C18H32N4O2S/c1-4-19-18(21-14-16-25(23,24)6-3)20-13-10-15-22(5-2)17-11-8-7-9-12-17/h7-9,11-12H,4-6,10,13-16H2,1-3H3,(H2,19,20,21). The Hall–Kier alpha value is -1.76. The van der Waals surface area contributed by atoms with E-state index in [4.69, 9.17) is 0 Å². The fraction of sp³-hybridized carbons (Fsp3) is 0.611. The molecular formula is C18H32N4O2S. The first-order valence-electron chi connectivity index (χ1n) is 9.05. The number of para-hydroxylation sites is 1. The number of hydrogen-bond acceptors (Lipinski definition) is 4. The van der Waals surface area contributed by atoms with E-state index in [9.17, 15) is 8.42 Å². The smallest absolute Gasteiger partial charge is 0.191 e. The van der Waals surface area contributed by atoms with E-state index in [1.54, 1.807) is 6.92 Å². The molecule has 0 aliphatic carbocycles. The van der Waals surface area contributed by atoms with E-state index < -0.39 is 9.84 Å². The molecule has 0 radical (unpaired) electrons. The summed E-state index contributed by atoms with van der Waals surface area (Å²) in [7, 11) is -2.95. The topological polar surface area (TPSA) is 73.8 Å². The van der Waals surface area contributed by atoms with Crippen LogP contribution in [0.2, 0.25) is 0 Å². The van der Waals surface area contributed by atoms with E-state index in [1.165, 1.54) is 5.69 Å². The second-order valence-corrected chi connectivity index (χ2v) is 8.17. The Morgan fingerprint density at radius 3 is 2.44 bits per heavy atom. The average molecular weight is 369 g/mol. The monoisotopic (exact) mass is 368 g/mol. The minimum Gasteiger partial charge on any atom is -0.372 e. The van der Waals surface area contributed by atoms with Crippen LogP contribution in [0.15, 0.2) is 35.3 Å². The van der Waals surface area contributed by atoms with Crippen molar-refractivity contribution in [2.24, 2.45) is 4.99 Å². The molecule has 0 saturated heterocycles. The van der Waals surface area contributed by atoms with Crippen LogP contribution >= 0.6 is 0 Å². The summed E-state index contributed by atoms with van der Waals surface area (Å²) >= 11 is 0. The van der Waals surface area contributed by atoms with E-state index in [0.717, 1.165) is 26.1 Å². The molecule has 0 saturated carbocycles. The van der Waals surface area contributed by atoms with Crippen molar-refractivity contribution in [2.75, 3.05) is 49.1 Å². The zero-order chi connectivity index (χ0) is 18.5. The van der Waals surface area contributed by atoms with Gasteiger partial charge in [0.15, 0.2) is 15.8 Å². The first-order valence-corrected chi connectivity index (χ1v) is 10.9. The van der Waals surface area contributed by atoms with Crippen LogP contribution in [0.3, 0.4) is 0 Å². The molecule has 6 nitrogen and oxygen atoms in total. The number of guanidine groups is 1. The van der Waals surface area contributed by atoms with E-state index in [2.05, 4.69) is 39.6 Å². The van der Waals surface area contributed by atoms with Gasteiger partial charge in [-0.2, -0.15) is 0 Å². The van der Waals surface area contributed by atoms with Gasteiger partial charge in [0.05, 0.1) is 5.75 Å². The van der Waals surface area contributed by atoms with Gasteiger partial charge in [-0.1, -0.05) is 25.1 Å². The first kappa shape index (κ1) is 21.3. The van der Waals surface area contributed by atoms with Crippen LogP contribution in [0.5, 0.6) is 0 Å². The van der Waals surface area contributed by atoms with Gasteiger partial charge in [-0.15, -0.1) is 0 Å². The molecule has 0 spiro atoms. The molecule has 2 N–H and O–H groups in total. The molecule has 0 amide bonds. The van der Waals surface area contributed by atoms with Gasteiger partial charge in [0, 0.05) is 44.2 Å². The lowest BCUT2D eigenvalue weighted by molar-refractivity contribution is 0.595. The zero-order valence-electron chi connectivity index (χ0n) is 15.7. The van der Waals surface area contributed by atoms with Crippen LogP contribution in [0, 0.1) is 0 Å². The molecule has 0 fully saturated rings. The molecule has 0 atom stereocenters. The molecule has 0 aliphatic heterocycles. The van der Waals surface area contributed by atoms with Crippen LogP contribution in [-0.2, 0) is 9.84 Å². The highest BCUT2D eigenvalue weighted by molar-refractivity contribution is 7.91. The van der Waals surface area contributed by atoms with Crippen molar-refractivity contribution in [3.05, 3.63) is 30.3 Å². The van der Waals surface area contributed by atoms with Crippen molar-refractivity contribution in [1.29, 1.82) is 0 Å². The Kier molecular flexibility index (Phi) is 9.99. The van der Waals surface area contributed by atoms with Gasteiger partial charge in [0.2, 0.25) is 0 Å². The van der Waals surface area contributed by atoms with E-state index in [0.29, 0.717) is 19.0 Å². The maximum Gasteiger partial charge on any atom is 0.191 e. The van der Waals surface area contributed by atoms with Gasteiger partial charge in [-0.25, -0.2) is 8.42 Å². The van der Waals surface area contributed by atoms with Gasteiger partial charge < -0.3 is 15.5 Å². The number of benzene rings is 1. The maximum atomic E-state index is 11.5. The molecule has 142 valence electrons. The molecular weight excluding hydrogens is 336 g/mol. The summed E-state index contributed by atoms with van der Waals surface area (Å²) in [5.74, 6) is 0.983. The van der Waals surface area contributed by atoms with E-state index >= 15 is 0 Å². The van der Waals surface area contributed by atoms with E-state index in [-0.39, 0.29) is 11.5 Å². The SMILES string of the molecule is CCNC(=NCCCN(CC)c1ccccc1)NCCS(=O)(=O)CC. The van der Waals surface area contributed by atoms with Crippen molar-refractivity contribution in [3.63, 3.8) is 0 Å². The Bertz CT molecular complexity index is 603. The number of aliphatic imine (C=N–C) groups is 1. The summed E-state index contributed by atoms with van der Waals surface area (Å²) in [6.07, 6.45) is 0.937. The molecule has 0 aliphatic rings. The zero-order valence-corrected chi connectivity index (χ0v) is 16.5. The Labute approximate surface area is 152 Å². The number of anilines is 1. The summed E-state index contributed by atoms with van der Waals surface area (Å²) in [4.78, 5) is 6.85. The molecule has 0 bridgehead atoms. The number of sulfone groups is 1. The minimum absolute atomic E-state index is 0.130. The summed E-state index contributed by atoms with van der Waals surface area (Å²) < 4.78 is 23.1. The summed E-state index contributed by atoms with van der Waals surface area (Å²) in [5, 5.41) is 6.24. The third kappa shape index (κ3) is 8.77. The quantitative estimate of drug-likeness (QED) is 0.354. The van der Waals surface area contributed by atoms with Gasteiger partial charge >= 0.3 is 0 Å². The molecule has 0 heterocycles. The number of rotatable bonds is 11. The predicted octanol–water partition coefficient (Wildman–Crippen LogP) is 1.89. The highest BCUT2D eigenvalue weighted by Crippen LogP contribution is 2.12. The predicted molar refractivity (Wildman–Crippen MR) is 107 cm³/mol. The van der Waals surface area contributed by atoms with Crippen LogP contribution in [0.4, 0.5) is 5.69 Å². The van der Waals surface area contributed by atoms with Crippen LogP contribution < -0.4 is 15.5 Å². The number of nitrogens with zero attached hydrogens (tertiary/aromatic N) is 2. The van der Waals surface area contributed by atoms with Crippen molar-refractivity contribution in [3.8, 4) is 0 Å². The largest absolute Gasteiger partial charge is 0.372 e. The lowest BCUT2D eigenvalue weighted by Gasteiger charge is -2.22. The van der Waals surface area contributed by atoms with Crippen LogP contribution in [-0.4, -0.2) is 58.6 Å². The average Bonchev–Trinajstić information content (AvgIpc) is 2.62. The lowest BCUT2D eigenvalue weighted by atomic mass is 10.2. The second-order valence-electron chi connectivity index (χ2n) is 5.69.